The van der Waals surface area contributed by atoms with Crippen molar-refractivity contribution in [1.29, 1.82) is 0 Å². The average Bonchev–Trinajstić information content (AvgIpc) is 3.30. The minimum atomic E-state index is -0.989. The molecule has 3 aromatic carbocycles. The maximum absolute atomic E-state index is 13.9. The molecular weight excluding hydrogens is 536 g/mol. The van der Waals surface area contributed by atoms with Gasteiger partial charge in [0.2, 0.25) is 0 Å². The summed E-state index contributed by atoms with van der Waals surface area (Å²) in [6.45, 7) is 5.36. The second kappa shape index (κ2) is 12.9. The van der Waals surface area contributed by atoms with Crippen molar-refractivity contribution in [2.24, 2.45) is 5.73 Å². The topological polar surface area (TPSA) is 142 Å². The van der Waals surface area contributed by atoms with Crippen LogP contribution < -0.4 is 11.1 Å². The molecule has 0 aliphatic carbocycles. The molecule has 0 bridgehead atoms. The van der Waals surface area contributed by atoms with E-state index >= 15 is 0 Å². The number of benzene rings is 3. The van der Waals surface area contributed by atoms with Gasteiger partial charge in [0.05, 0.1) is 31.7 Å². The normalized spacial score (nSPS) is 18.4. The van der Waals surface area contributed by atoms with Crippen molar-refractivity contribution in [3.8, 4) is 11.5 Å². The van der Waals surface area contributed by atoms with E-state index in [-0.39, 0.29) is 24.0 Å². The molecule has 0 spiro atoms. The van der Waals surface area contributed by atoms with E-state index in [0.717, 1.165) is 16.8 Å². The zero-order valence-electron chi connectivity index (χ0n) is 24.1. The van der Waals surface area contributed by atoms with Gasteiger partial charge in [-0.15, -0.1) is 0 Å². The number of carbonyl (C=O) groups excluding carboxylic acids is 3. The fraction of sp³-hybridized carbons (Fsp3) is 0.312. The van der Waals surface area contributed by atoms with Crippen LogP contribution in [0.4, 0.5) is 10.5 Å². The third-order valence-corrected chi connectivity index (χ3v) is 7.26. The molecule has 1 aliphatic rings. The van der Waals surface area contributed by atoms with Gasteiger partial charge in [0, 0.05) is 12.0 Å². The predicted octanol–water partition coefficient (Wildman–Crippen LogP) is 3.80. The number of anilines is 1. The quantitative estimate of drug-likeness (QED) is 0.174. The number of hydrogen-bond donors (Lipinski definition) is 4. The maximum atomic E-state index is 13.9. The zero-order valence-corrected chi connectivity index (χ0v) is 24.1. The van der Waals surface area contributed by atoms with Crippen molar-refractivity contribution >= 4 is 29.3 Å². The van der Waals surface area contributed by atoms with E-state index < -0.39 is 23.9 Å². The molecule has 3 amide bonds. The lowest BCUT2D eigenvalue weighted by Gasteiger charge is -2.28. The van der Waals surface area contributed by atoms with Crippen LogP contribution >= 0.6 is 0 Å². The summed E-state index contributed by atoms with van der Waals surface area (Å²) in [6, 6.07) is 18.4. The average molecular weight is 575 g/mol. The molecule has 10 nitrogen and oxygen atoms in total. The zero-order chi connectivity index (χ0) is 30.4. The summed E-state index contributed by atoms with van der Waals surface area (Å²) in [5.74, 6) is -0.839. The van der Waals surface area contributed by atoms with Gasteiger partial charge < -0.3 is 25.2 Å². The van der Waals surface area contributed by atoms with Crippen LogP contribution in [0.2, 0.25) is 0 Å². The van der Waals surface area contributed by atoms with Crippen LogP contribution in [0.15, 0.2) is 72.8 Å². The number of nitrogens with two attached hydrogens (primary N) is 1. The molecule has 5 N–H and O–H groups in total. The molecule has 1 fully saturated rings. The van der Waals surface area contributed by atoms with E-state index in [2.05, 4.69) is 12.4 Å². The molecule has 0 aromatic heterocycles. The fourth-order valence-electron chi connectivity index (χ4n) is 5.26. The van der Waals surface area contributed by atoms with Crippen LogP contribution in [-0.4, -0.2) is 75.2 Å². The number of ether oxygens (including phenoxy) is 1. The number of rotatable bonds is 9. The number of hydrogen-bond acceptors (Lipinski definition) is 6. The number of amides is 3. The predicted molar refractivity (Wildman–Crippen MR) is 158 cm³/mol. The van der Waals surface area contributed by atoms with Crippen molar-refractivity contribution < 1.29 is 38.4 Å². The molecule has 0 radical (unpaired) electrons. The Morgan fingerprint density at radius 1 is 0.976 bits per heavy atom. The Bertz CT molecular complexity index is 1480. The van der Waals surface area contributed by atoms with Gasteiger partial charge in [0.25, 0.3) is 5.91 Å². The van der Waals surface area contributed by atoms with Gasteiger partial charge in [-0.25, -0.2) is 10.1 Å². The Morgan fingerprint density at radius 2 is 1.67 bits per heavy atom. The minimum absolute atomic E-state index is 0.0925. The SMILES string of the molecule is CC(C)OC(=O)c1ccc(NC(=O)/[N+](=C2/CC[N+](C)(Cc3cccc(O)c3)C2)[C@@H](Cc2ccc(O)cc2)C(N)=O)cc1. The summed E-state index contributed by atoms with van der Waals surface area (Å²) in [6.07, 6.45) is 0.454. The van der Waals surface area contributed by atoms with Crippen LogP contribution in [0.25, 0.3) is 0 Å². The van der Waals surface area contributed by atoms with Crippen LogP contribution in [0.5, 0.6) is 11.5 Å². The molecule has 1 unspecified atom stereocenters. The number of quaternary nitrogens is 1. The number of carbonyl (C=O) groups is 3. The molecule has 220 valence electrons. The Morgan fingerprint density at radius 3 is 2.29 bits per heavy atom. The molecule has 4 rings (SSSR count). The van der Waals surface area contributed by atoms with Crippen LogP contribution in [0, 0.1) is 0 Å². The number of aromatic hydroxyl groups is 2. The van der Waals surface area contributed by atoms with Crippen LogP contribution in [-0.2, 0) is 22.5 Å². The fourth-order valence-corrected chi connectivity index (χ4v) is 5.26. The van der Waals surface area contributed by atoms with Gasteiger partial charge in [0.15, 0.2) is 6.04 Å². The molecule has 10 heteroatoms. The van der Waals surface area contributed by atoms with Crippen molar-refractivity contribution in [3.63, 3.8) is 0 Å². The lowest BCUT2D eigenvalue weighted by Crippen LogP contribution is -2.49. The summed E-state index contributed by atoms with van der Waals surface area (Å²) in [5.41, 5.74) is 9.15. The third-order valence-electron chi connectivity index (χ3n) is 7.26. The number of phenolic OH excluding ortho intramolecular Hbond substituents is 2. The molecule has 42 heavy (non-hydrogen) atoms. The second-order valence-corrected chi connectivity index (χ2v) is 11.3. The number of urea groups is 1. The number of primary amides is 1. The lowest BCUT2D eigenvalue weighted by molar-refractivity contribution is -0.907. The van der Waals surface area contributed by atoms with Gasteiger partial charge in [-0.1, -0.05) is 24.3 Å². The number of likely N-dealkylation sites (tertiary alicyclic amines) is 1. The molecule has 3 aromatic rings. The van der Waals surface area contributed by atoms with Crippen molar-refractivity contribution in [2.45, 2.75) is 45.4 Å². The molecule has 2 atom stereocenters. The number of nitrogens with one attached hydrogen (secondary N) is 1. The minimum Gasteiger partial charge on any atom is -0.508 e. The molecule has 1 heterocycles. The molecule has 1 saturated heterocycles. The van der Waals surface area contributed by atoms with E-state index in [0.29, 0.717) is 41.8 Å². The molecule has 0 saturated carbocycles. The Balaban J connectivity index is 1.65. The summed E-state index contributed by atoms with van der Waals surface area (Å²) in [5, 5.41) is 22.5. The van der Waals surface area contributed by atoms with Crippen molar-refractivity contribution in [2.75, 3.05) is 25.5 Å². The summed E-state index contributed by atoms with van der Waals surface area (Å²) in [4.78, 5) is 39.0. The van der Waals surface area contributed by atoms with Gasteiger partial charge in [0.1, 0.15) is 36.0 Å². The standard InChI is InChI=1S/C32H36N4O6/c1-21(2)42-31(40)24-9-11-25(12-10-24)34-32(41)35(29(30(33)39)18-22-7-13-27(37)14-8-22)26-15-16-36(3,20-26)19-23-5-4-6-28(38)17-23/h4-14,17,21,29H,15-16,18-20H2,1-3H3,(H3-2,33,34,37,38,39,40,41)/p+2/b35-26-/t29-,36?/m0/s1. The van der Waals surface area contributed by atoms with E-state index in [1.165, 1.54) is 16.7 Å². The first-order valence-corrected chi connectivity index (χ1v) is 13.9. The highest BCUT2D eigenvalue weighted by molar-refractivity contribution is 5.95. The van der Waals surface area contributed by atoms with Crippen molar-refractivity contribution in [3.05, 3.63) is 89.5 Å². The van der Waals surface area contributed by atoms with Crippen LogP contribution in [0.3, 0.4) is 0 Å². The van der Waals surface area contributed by atoms with E-state index in [4.69, 9.17) is 10.5 Å². The maximum Gasteiger partial charge on any atom is 0.496 e. The smallest absolute Gasteiger partial charge is 0.496 e. The Labute approximate surface area is 245 Å². The highest BCUT2D eigenvalue weighted by Crippen LogP contribution is 2.23. The monoisotopic (exact) mass is 574 g/mol. The van der Waals surface area contributed by atoms with Gasteiger partial charge in [-0.05, 0) is 67.9 Å². The van der Waals surface area contributed by atoms with Gasteiger partial charge >= 0.3 is 12.0 Å². The van der Waals surface area contributed by atoms with E-state index in [9.17, 15) is 24.6 Å². The van der Waals surface area contributed by atoms with Crippen molar-refractivity contribution in [1.82, 2.24) is 0 Å². The van der Waals surface area contributed by atoms with Crippen LogP contribution in [0.1, 0.15) is 41.8 Å². The highest BCUT2D eigenvalue weighted by Gasteiger charge is 2.41. The summed E-state index contributed by atoms with van der Waals surface area (Å²) < 4.78 is 7.26. The third kappa shape index (κ3) is 7.73. The highest BCUT2D eigenvalue weighted by atomic mass is 16.5. The number of esters is 1. The molecule has 1 aliphatic heterocycles. The van der Waals surface area contributed by atoms with E-state index in [1.807, 2.05) is 6.07 Å². The second-order valence-electron chi connectivity index (χ2n) is 11.3. The first-order valence-electron chi connectivity index (χ1n) is 13.9. The largest absolute Gasteiger partial charge is 0.508 e. The summed E-state index contributed by atoms with van der Waals surface area (Å²) in [7, 11) is 2.07. The number of phenols is 2. The number of nitrogens with zero attached hydrogens (tertiary/aromatic N) is 2. The van der Waals surface area contributed by atoms with Gasteiger partial charge in [-0.3, -0.25) is 4.79 Å². The molecular formula is C32H38N4O6+2. The first kappa shape index (κ1) is 30.3. The lowest BCUT2D eigenvalue weighted by atomic mass is 10.0. The Hall–Kier alpha value is -4.70. The summed E-state index contributed by atoms with van der Waals surface area (Å²) >= 11 is 0. The Kier molecular flexibility index (Phi) is 9.27. The first-order chi connectivity index (χ1) is 19.9. The van der Waals surface area contributed by atoms with Gasteiger partial charge in [-0.2, -0.15) is 9.37 Å². The van der Waals surface area contributed by atoms with E-state index in [1.54, 1.807) is 68.4 Å².